The van der Waals surface area contributed by atoms with E-state index in [-0.39, 0.29) is 0 Å². The number of hydrogen-bond acceptors (Lipinski definition) is 5. The van der Waals surface area contributed by atoms with Gasteiger partial charge < -0.3 is 5.32 Å². The van der Waals surface area contributed by atoms with Crippen molar-refractivity contribution in [1.82, 2.24) is 20.3 Å². The summed E-state index contributed by atoms with van der Waals surface area (Å²) in [5.74, 6) is -2.09. The number of benzene rings is 1. The molecule has 0 radical (unpaired) electrons. The molecule has 2 rings (SSSR count). The number of nitro benzene ring substituents is 1. The summed E-state index contributed by atoms with van der Waals surface area (Å²) in [6, 6.07) is 1.22. The summed E-state index contributed by atoms with van der Waals surface area (Å²) in [4.78, 5) is 10.1. The minimum absolute atomic E-state index is 0.407. The molecule has 21 heavy (non-hydrogen) atoms. The fourth-order valence-electron chi connectivity index (χ4n) is 1.80. The smallest absolute Gasteiger partial charge is 0.300 e. The van der Waals surface area contributed by atoms with Crippen LogP contribution in [0.25, 0.3) is 5.69 Å². The van der Waals surface area contributed by atoms with E-state index in [1.165, 1.54) is 6.20 Å². The molecule has 0 aliphatic heterocycles. The van der Waals surface area contributed by atoms with Gasteiger partial charge in [0.25, 0.3) is 0 Å². The maximum atomic E-state index is 13.8. The van der Waals surface area contributed by atoms with Crippen LogP contribution in [0.2, 0.25) is 0 Å². The lowest BCUT2D eigenvalue weighted by Gasteiger charge is -2.03. The van der Waals surface area contributed by atoms with Crippen molar-refractivity contribution < 1.29 is 13.7 Å². The van der Waals surface area contributed by atoms with E-state index in [0.717, 1.165) is 17.6 Å². The first-order valence-corrected chi connectivity index (χ1v) is 6.28. The summed E-state index contributed by atoms with van der Waals surface area (Å²) in [6.45, 7) is 3.18. The highest BCUT2D eigenvalue weighted by Crippen LogP contribution is 2.26. The number of rotatable bonds is 6. The summed E-state index contributed by atoms with van der Waals surface area (Å²) in [5.41, 5.74) is -0.636. The van der Waals surface area contributed by atoms with Gasteiger partial charge in [0.15, 0.2) is 11.5 Å². The highest BCUT2D eigenvalue weighted by Gasteiger charge is 2.23. The maximum Gasteiger partial charge on any atom is 0.300 e. The number of nitro groups is 1. The van der Waals surface area contributed by atoms with Gasteiger partial charge in [-0.3, -0.25) is 10.1 Å². The predicted octanol–water partition coefficient (Wildman–Crippen LogP) is 1.95. The third kappa shape index (κ3) is 3.37. The lowest BCUT2D eigenvalue weighted by Crippen LogP contribution is -2.13. The summed E-state index contributed by atoms with van der Waals surface area (Å²) in [5, 5.41) is 21.4. The van der Waals surface area contributed by atoms with Crippen LogP contribution in [0, 0.1) is 21.7 Å². The zero-order valence-electron chi connectivity index (χ0n) is 11.2. The molecule has 0 bridgehead atoms. The Kier molecular flexibility index (Phi) is 4.53. The lowest BCUT2D eigenvalue weighted by atomic mass is 10.2. The van der Waals surface area contributed by atoms with E-state index < -0.39 is 27.9 Å². The van der Waals surface area contributed by atoms with Crippen molar-refractivity contribution in [1.29, 1.82) is 0 Å². The van der Waals surface area contributed by atoms with E-state index in [9.17, 15) is 18.9 Å². The van der Waals surface area contributed by atoms with Gasteiger partial charge in [-0.15, -0.1) is 5.10 Å². The van der Waals surface area contributed by atoms with Crippen LogP contribution in [0.4, 0.5) is 14.5 Å². The first-order chi connectivity index (χ1) is 10.0. The zero-order chi connectivity index (χ0) is 15.4. The molecule has 0 fully saturated rings. The first kappa shape index (κ1) is 15.0. The molecule has 2 aromatic rings. The maximum absolute atomic E-state index is 13.8. The molecule has 0 spiro atoms. The summed E-state index contributed by atoms with van der Waals surface area (Å²) in [7, 11) is 0. The van der Waals surface area contributed by atoms with Crippen molar-refractivity contribution >= 4 is 5.69 Å². The third-order valence-electron chi connectivity index (χ3n) is 2.71. The van der Waals surface area contributed by atoms with Gasteiger partial charge in [0.05, 0.1) is 22.9 Å². The van der Waals surface area contributed by atoms with Gasteiger partial charge in [0.1, 0.15) is 5.82 Å². The molecule has 112 valence electrons. The highest BCUT2D eigenvalue weighted by molar-refractivity contribution is 5.53. The van der Waals surface area contributed by atoms with Crippen LogP contribution in [0.3, 0.4) is 0 Å². The SMILES string of the molecule is CCCNCc1cn(-c2c(F)cc(F)cc2[N+](=O)[O-])nn1. The number of nitrogens with one attached hydrogen (secondary N) is 1. The lowest BCUT2D eigenvalue weighted by molar-refractivity contribution is -0.385. The minimum atomic E-state index is -1.07. The van der Waals surface area contributed by atoms with Crippen LogP contribution in [0.5, 0.6) is 0 Å². The topological polar surface area (TPSA) is 85.9 Å². The number of halogens is 2. The van der Waals surface area contributed by atoms with Gasteiger partial charge in [-0.1, -0.05) is 12.1 Å². The van der Waals surface area contributed by atoms with Crippen LogP contribution in [0.1, 0.15) is 19.0 Å². The zero-order valence-corrected chi connectivity index (χ0v) is 11.2. The summed E-state index contributed by atoms with van der Waals surface area (Å²) in [6.07, 6.45) is 2.30. The van der Waals surface area contributed by atoms with Gasteiger partial charge >= 0.3 is 5.69 Å². The summed E-state index contributed by atoms with van der Waals surface area (Å²) >= 11 is 0. The molecule has 1 aromatic heterocycles. The molecule has 0 unspecified atom stereocenters. The molecule has 1 N–H and O–H groups in total. The number of nitrogens with zero attached hydrogens (tertiary/aromatic N) is 4. The molecule has 0 amide bonds. The van der Waals surface area contributed by atoms with E-state index in [2.05, 4.69) is 15.6 Å². The standard InChI is InChI=1S/C12H13F2N5O2/c1-2-3-15-6-9-7-18(17-16-9)12-10(14)4-8(13)5-11(12)19(20)21/h4-5,7,15H,2-3,6H2,1H3. The quantitative estimate of drug-likeness (QED) is 0.500. The molecular weight excluding hydrogens is 284 g/mol. The molecule has 9 heteroatoms. The largest absolute Gasteiger partial charge is 0.311 e. The van der Waals surface area contributed by atoms with E-state index in [0.29, 0.717) is 24.4 Å². The monoisotopic (exact) mass is 297 g/mol. The van der Waals surface area contributed by atoms with Crippen LogP contribution < -0.4 is 5.32 Å². The second-order valence-corrected chi connectivity index (χ2v) is 4.34. The second kappa shape index (κ2) is 6.35. The molecule has 0 saturated heterocycles. The van der Waals surface area contributed by atoms with Crippen molar-refractivity contribution in [2.75, 3.05) is 6.54 Å². The Bertz CT molecular complexity index is 659. The van der Waals surface area contributed by atoms with Crippen molar-refractivity contribution in [2.45, 2.75) is 19.9 Å². The Labute approximate surface area is 118 Å². The molecule has 0 atom stereocenters. The van der Waals surface area contributed by atoms with E-state index >= 15 is 0 Å². The molecule has 1 heterocycles. The van der Waals surface area contributed by atoms with Crippen LogP contribution in [-0.2, 0) is 6.54 Å². The van der Waals surface area contributed by atoms with E-state index in [1.807, 2.05) is 6.92 Å². The third-order valence-corrected chi connectivity index (χ3v) is 2.71. The van der Waals surface area contributed by atoms with E-state index in [4.69, 9.17) is 0 Å². The Morgan fingerprint density at radius 2 is 2.19 bits per heavy atom. The Morgan fingerprint density at radius 3 is 2.86 bits per heavy atom. The molecular formula is C12H13F2N5O2. The van der Waals surface area contributed by atoms with Crippen LogP contribution in [0.15, 0.2) is 18.3 Å². The number of hydrogen-bond donors (Lipinski definition) is 1. The Balaban J connectivity index is 2.36. The average molecular weight is 297 g/mol. The fraction of sp³-hybridized carbons (Fsp3) is 0.333. The van der Waals surface area contributed by atoms with Crippen molar-refractivity contribution in [3.05, 3.63) is 45.8 Å². The normalized spacial score (nSPS) is 10.8. The molecule has 7 nitrogen and oxygen atoms in total. The van der Waals surface area contributed by atoms with Crippen molar-refractivity contribution in [3.8, 4) is 5.69 Å². The highest BCUT2D eigenvalue weighted by atomic mass is 19.1. The summed E-state index contributed by atoms with van der Waals surface area (Å²) < 4.78 is 27.9. The van der Waals surface area contributed by atoms with Gasteiger partial charge in [-0.25, -0.2) is 13.5 Å². The van der Waals surface area contributed by atoms with Crippen LogP contribution in [-0.4, -0.2) is 26.5 Å². The van der Waals surface area contributed by atoms with Gasteiger partial charge in [-0.05, 0) is 13.0 Å². The van der Waals surface area contributed by atoms with Gasteiger partial charge in [0.2, 0.25) is 0 Å². The molecule has 0 aliphatic carbocycles. The molecule has 0 saturated carbocycles. The molecule has 0 aliphatic rings. The predicted molar refractivity (Wildman–Crippen MR) is 69.9 cm³/mol. The van der Waals surface area contributed by atoms with Gasteiger partial charge in [-0.2, -0.15) is 0 Å². The van der Waals surface area contributed by atoms with Crippen LogP contribution >= 0.6 is 0 Å². The Hall–Kier alpha value is -2.42. The van der Waals surface area contributed by atoms with Crippen molar-refractivity contribution in [2.24, 2.45) is 0 Å². The van der Waals surface area contributed by atoms with Gasteiger partial charge in [0, 0.05) is 12.6 Å². The second-order valence-electron chi connectivity index (χ2n) is 4.34. The Morgan fingerprint density at radius 1 is 1.43 bits per heavy atom. The molecule has 1 aromatic carbocycles. The minimum Gasteiger partial charge on any atom is -0.311 e. The average Bonchev–Trinajstić information content (AvgIpc) is 2.86. The van der Waals surface area contributed by atoms with Crippen molar-refractivity contribution in [3.63, 3.8) is 0 Å². The fourth-order valence-corrected chi connectivity index (χ4v) is 1.80. The first-order valence-electron chi connectivity index (χ1n) is 6.28. The number of aromatic nitrogens is 3. The van der Waals surface area contributed by atoms with E-state index in [1.54, 1.807) is 0 Å².